The van der Waals surface area contributed by atoms with Gasteiger partial charge < -0.3 is 14.6 Å². The first kappa shape index (κ1) is 21.4. The van der Waals surface area contributed by atoms with Crippen LogP contribution in [0.3, 0.4) is 0 Å². The summed E-state index contributed by atoms with van der Waals surface area (Å²) in [6, 6.07) is 25.9. The first-order valence-corrected chi connectivity index (χ1v) is 10.8. The fraction of sp³-hybridized carbons (Fsp3) is 0.185. The average Bonchev–Trinajstić information content (AvgIpc) is 3.17. The Morgan fingerprint density at radius 1 is 1.03 bits per heavy atom. The highest BCUT2D eigenvalue weighted by atomic mass is 16.5. The van der Waals surface area contributed by atoms with Crippen molar-refractivity contribution in [2.75, 3.05) is 6.61 Å². The molecule has 0 spiro atoms. The number of aromatic nitrogens is 2. The molecule has 0 fully saturated rings. The molecule has 5 nitrogen and oxygen atoms in total. The predicted molar refractivity (Wildman–Crippen MR) is 128 cm³/mol. The van der Waals surface area contributed by atoms with Crippen LogP contribution >= 0.6 is 0 Å². The number of nitrogens with zero attached hydrogens (tertiary/aromatic N) is 2. The summed E-state index contributed by atoms with van der Waals surface area (Å²) in [6.07, 6.45) is 4.20. The molecule has 0 saturated carbocycles. The number of fused-ring (bicyclic) bond motifs is 1. The maximum absolute atomic E-state index is 12.3. The van der Waals surface area contributed by atoms with E-state index in [1.165, 1.54) is 5.56 Å². The molecular formula is C27H27N3O2. The standard InChI is InChI=1S/C27H27N3O2/c1-21-9-7-12-23(19-21)32-18-8-17-30-25-14-6-5-13-24(25)29-26(30)20-28-27(31)16-15-22-10-3-2-4-11-22/h2-7,9-16,19H,8,17-18,20H2,1H3,(H,28,31)/b16-15-. The van der Waals surface area contributed by atoms with E-state index in [-0.39, 0.29) is 5.91 Å². The molecule has 0 bridgehead atoms. The van der Waals surface area contributed by atoms with Gasteiger partial charge in [-0.15, -0.1) is 0 Å². The number of hydrogen-bond acceptors (Lipinski definition) is 3. The molecule has 4 rings (SSSR count). The van der Waals surface area contributed by atoms with Crippen LogP contribution in [-0.2, 0) is 17.9 Å². The van der Waals surface area contributed by atoms with E-state index in [0.717, 1.165) is 41.1 Å². The number of carbonyl (C=O) groups excluding carboxylic acids is 1. The number of amides is 1. The van der Waals surface area contributed by atoms with E-state index >= 15 is 0 Å². The number of ether oxygens (including phenoxy) is 1. The van der Waals surface area contributed by atoms with Gasteiger partial charge in [-0.3, -0.25) is 4.79 Å². The van der Waals surface area contributed by atoms with Crippen LogP contribution in [0.1, 0.15) is 23.4 Å². The topological polar surface area (TPSA) is 56.1 Å². The quantitative estimate of drug-likeness (QED) is 0.298. The van der Waals surface area contributed by atoms with Gasteiger partial charge in [0.1, 0.15) is 11.6 Å². The minimum Gasteiger partial charge on any atom is -0.494 e. The number of nitrogens with one attached hydrogen (secondary N) is 1. The zero-order valence-electron chi connectivity index (χ0n) is 18.2. The first-order chi connectivity index (χ1) is 15.7. The molecule has 0 saturated heterocycles. The number of rotatable bonds is 9. The Morgan fingerprint density at radius 2 is 1.84 bits per heavy atom. The Bertz CT molecular complexity index is 1210. The third-order valence-electron chi connectivity index (χ3n) is 5.17. The van der Waals surface area contributed by atoms with E-state index in [4.69, 9.17) is 9.72 Å². The highest BCUT2D eigenvalue weighted by Crippen LogP contribution is 2.17. The molecule has 0 unspecified atom stereocenters. The summed E-state index contributed by atoms with van der Waals surface area (Å²) in [5, 5.41) is 2.95. The molecule has 0 aliphatic rings. The summed E-state index contributed by atoms with van der Waals surface area (Å²) in [6.45, 7) is 3.80. The van der Waals surface area contributed by atoms with Gasteiger partial charge in [0, 0.05) is 12.6 Å². The monoisotopic (exact) mass is 425 g/mol. The normalized spacial score (nSPS) is 11.2. The average molecular weight is 426 g/mol. The molecule has 162 valence electrons. The number of aryl methyl sites for hydroxylation is 2. The van der Waals surface area contributed by atoms with E-state index in [2.05, 4.69) is 28.9 Å². The van der Waals surface area contributed by atoms with Gasteiger partial charge in [-0.1, -0.05) is 54.6 Å². The lowest BCUT2D eigenvalue weighted by Gasteiger charge is -2.11. The smallest absolute Gasteiger partial charge is 0.244 e. The molecule has 3 aromatic carbocycles. The molecule has 1 amide bonds. The Labute approximate surface area is 188 Å². The molecule has 0 aliphatic carbocycles. The van der Waals surface area contributed by atoms with Crippen molar-refractivity contribution < 1.29 is 9.53 Å². The predicted octanol–water partition coefficient (Wildman–Crippen LogP) is 5.14. The van der Waals surface area contributed by atoms with Crippen LogP contribution in [0, 0.1) is 6.92 Å². The van der Waals surface area contributed by atoms with E-state index in [1.807, 2.05) is 66.7 Å². The van der Waals surface area contributed by atoms with E-state index < -0.39 is 0 Å². The van der Waals surface area contributed by atoms with Crippen molar-refractivity contribution in [2.24, 2.45) is 0 Å². The zero-order chi connectivity index (χ0) is 22.2. The Balaban J connectivity index is 1.38. The molecule has 5 heteroatoms. The van der Waals surface area contributed by atoms with E-state index in [9.17, 15) is 4.79 Å². The SMILES string of the molecule is Cc1cccc(OCCCn2c(CNC(=O)/C=C\c3ccccc3)nc3ccccc32)c1. The number of imidazole rings is 1. The molecular weight excluding hydrogens is 398 g/mol. The highest BCUT2D eigenvalue weighted by Gasteiger charge is 2.11. The van der Waals surface area contributed by atoms with Crippen LogP contribution < -0.4 is 10.1 Å². The Morgan fingerprint density at radius 3 is 2.69 bits per heavy atom. The summed E-state index contributed by atoms with van der Waals surface area (Å²) in [7, 11) is 0. The van der Waals surface area contributed by atoms with Crippen LogP contribution in [0.5, 0.6) is 5.75 Å². The minimum absolute atomic E-state index is 0.143. The fourth-order valence-electron chi connectivity index (χ4n) is 3.59. The summed E-state index contributed by atoms with van der Waals surface area (Å²) in [5.41, 5.74) is 4.16. The van der Waals surface area contributed by atoms with Crippen LogP contribution in [-0.4, -0.2) is 22.1 Å². The van der Waals surface area contributed by atoms with Gasteiger partial charge in [-0.2, -0.15) is 0 Å². The first-order valence-electron chi connectivity index (χ1n) is 10.8. The molecule has 0 radical (unpaired) electrons. The second kappa shape index (κ2) is 10.4. The van der Waals surface area contributed by atoms with E-state index in [0.29, 0.717) is 13.2 Å². The number of hydrogen-bond donors (Lipinski definition) is 1. The number of benzene rings is 3. The second-order valence-corrected chi connectivity index (χ2v) is 7.65. The van der Waals surface area contributed by atoms with Crippen LogP contribution in [0.25, 0.3) is 17.1 Å². The number of carbonyl (C=O) groups is 1. The molecule has 1 N–H and O–H groups in total. The Hall–Kier alpha value is -3.86. The van der Waals surface area contributed by atoms with Crippen LogP contribution in [0.2, 0.25) is 0 Å². The van der Waals surface area contributed by atoms with E-state index in [1.54, 1.807) is 12.2 Å². The summed E-state index contributed by atoms with van der Waals surface area (Å²) in [5.74, 6) is 1.58. The lowest BCUT2D eigenvalue weighted by molar-refractivity contribution is -0.116. The highest BCUT2D eigenvalue weighted by molar-refractivity contribution is 5.91. The summed E-state index contributed by atoms with van der Waals surface area (Å²) in [4.78, 5) is 17.0. The molecule has 4 aromatic rings. The van der Waals surface area contributed by atoms with Crippen LogP contribution in [0.15, 0.2) is 84.9 Å². The Kier molecular flexibility index (Phi) is 6.98. The minimum atomic E-state index is -0.143. The van der Waals surface area contributed by atoms with Crippen molar-refractivity contribution in [3.8, 4) is 5.75 Å². The zero-order valence-corrected chi connectivity index (χ0v) is 18.2. The molecule has 1 aromatic heterocycles. The van der Waals surface area contributed by atoms with Gasteiger partial charge >= 0.3 is 0 Å². The van der Waals surface area contributed by atoms with Gasteiger partial charge in [0.25, 0.3) is 0 Å². The van der Waals surface area contributed by atoms with Gasteiger partial charge in [0.05, 0.1) is 24.2 Å². The van der Waals surface area contributed by atoms with Gasteiger partial charge in [0.2, 0.25) is 5.91 Å². The largest absolute Gasteiger partial charge is 0.494 e. The third-order valence-corrected chi connectivity index (χ3v) is 5.17. The lowest BCUT2D eigenvalue weighted by Crippen LogP contribution is -2.23. The van der Waals surface area contributed by atoms with Crippen molar-refractivity contribution >= 4 is 23.0 Å². The van der Waals surface area contributed by atoms with Gasteiger partial charge in [-0.25, -0.2) is 4.98 Å². The third kappa shape index (κ3) is 5.64. The van der Waals surface area contributed by atoms with Crippen molar-refractivity contribution in [1.29, 1.82) is 0 Å². The lowest BCUT2D eigenvalue weighted by atomic mass is 10.2. The molecule has 32 heavy (non-hydrogen) atoms. The maximum Gasteiger partial charge on any atom is 0.244 e. The molecule has 0 atom stereocenters. The second-order valence-electron chi connectivity index (χ2n) is 7.65. The molecule has 0 aliphatic heterocycles. The van der Waals surface area contributed by atoms with Crippen LogP contribution in [0.4, 0.5) is 0 Å². The fourth-order valence-corrected chi connectivity index (χ4v) is 3.59. The maximum atomic E-state index is 12.3. The van der Waals surface area contributed by atoms with Crippen molar-refractivity contribution in [1.82, 2.24) is 14.9 Å². The van der Waals surface area contributed by atoms with Gasteiger partial charge in [-0.05, 0) is 54.8 Å². The van der Waals surface area contributed by atoms with Gasteiger partial charge in [0.15, 0.2) is 0 Å². The number of para-hydroxylation sites is 2. The summed E-state index contributed by atoms with van der Waals surface area (Å²) < 4.78 is 8.06. The van der Waals surface area contributed by atoms with Crippen molar-refractivity contribution in [3.05, 3.63) is 102 Å². The van der Waals surface area contributed by atoms with Crippen molar-refractivity contribution in [3.63, 3.8) is 0 Å². The van der Waals surface area contributed by atoms with Crippen molar-refractivity contribution in [2.45, 2.75) is 26.4 Å². The molecule has 1 heterocycles. The summed E-state index contributed by atoms with van der Waals surface area (Å²) >= 11 is 0.